The van der Waals surface area contributed by atoms with Crippen LogP contribution >= 0.6 is 31.9 Å². The van der Waals surface area contributed by atoms with Gasteiger partial charge in [0, 0.05) is 63.2 Å². The molecule has 232 valence electrons. The number of urea groups is 1. The Morgan fingerprint density at radius 1 is 0.956 bits per heavy atom. The highest BCUT2D eigenvalue weighted by atomic mass is 79.9. The lowest BCUT2D eigenvalue weighted by molar-refractivity contribution is -0.134. The number of benzene rings is 3. The van der Waals surface area contributed by atoms with Crippen LogP contribution < -0.4 is 16.4 Å². The van der Waals surface area contributed by atoms with Gasteiger partial charge >= 0.3 is 6.03 Å². The fraction of sp³-hybridized carbons (Fsp3) is 0.273. The van der Waals surface area contributed by atoms with Crippen LogP contribution in [0.5, 0.6) is 0 Å². The second-order valence-corrected chi connectivity index (χ2v) is 13.1. The van der Waals surface area contributed by atoms with E-state index in [1.54, 1.807) is 23.1 Å². The predicted octanol–water partition coefficient (Wildman–Crippen LogP) is 5.73. The second kappa shape index (κ2) is 13.1. The molecule has 5 N–H and O–H groups in total. The molecular weight excluding hydrogens is 704 g/mol. The number of piperidine rings is 1. The number of Topliss-reactive ketones (excluding diaryl/α,β-unsaturated/α-hetero) is 1. The van der Waals surface area contributed by atoms with Crippen LogP contribution in [0.2, 0.25) is 0 Å². The smallest absolute Gasteiger partial charge is 0.322 e. The van der Waals surface area contributed by atoms with E-state index in [4.69, 9.17) is 5.73 Å². The Hall–Kier alpha value is -4.16. The molecule has 1 saturated heterocycles. The Kier molecular flexibility index (Phi) is 8.95. The van der Waals surface area contributed by atoms with Crippen LogP contribution in [0.25, 0.3) is 10.9 Å². The van der Waals surface area contributed by atoms with Gasteiger partial charge in [0.1, 0.15) is 11.7 Å². The van der Waals surface area contributed by atoms with Crippen molar-refractivity contribution < 1.29 is 19.2 Å². The third-order valence-corrected chi connectivity index (χ3v) is 9.84. The Bertz CT molecular complexity index is 1740. The number of anilines is 2. The number of fused-ring (bicyclic) bond motifs is 2. The van der Waals surface area contributed by atoms with E-state index < -0.39 is 11.9 Å². The van der Waals surface area contributed by atoms with Crippen molar-refractivity contribution >= 4 is 77.8 Å². The number of nitrogens with zero attached hydrogens (tertiary/aromatic N) is 2. The number of nitrogen functional groups attached to an aromatic ring is 1. The normalized spacial score (nSPS) is 16.1. The lowest BCUT2D eigenvalue weighted by Gasteiger charge is -2.39. The molecule has 3 aromatic carbocycles. The van der Waals surface area contributed by atoms with E-state index in [1.807, 2.05) is 53.4 Å². The van der Waals surface area contributed by atoms with Crippen molar-refractivity contribution in [3.63, 3.8) is 0 Å². The zero-order chi connectivity index (χ0) is 31.7. The number of rotatable bonds is 7. The molecule has 12 heteroatoms. The maximum atomic E-state index is 14.0. The molecule has 10 nitrogen and oxygen atoms in total. The van der Waals surface area contributed by atoms with E-state index in [0.29, 0.717) is 58.4 Å². The fourth-order valence-electron chi connectivity index (χ4n) is 6.04. The molecule has 0 unspecified atom stereocenters. The third-order valence-electron chi connectivity index (χ3n) is 8.53. The third kappa shape index (κ3) is 6.62. The molecule has 0 radical (unpaired) electrons. The first-order valence-electron chi connectivity index (χ1n) is 14.8. The number of para-hydroxylation sites is 2. The van der Waals surface area contributed by atoms with Crippen molar-refractivity contribution in [3.8, 4) is 0 Å². The Labute approximate surface area is 277 Å². The van der Waals surface area contributed by atoms with Gasteiger partial charge in [-0.3, -0.25) is 14.4 Å². The number of aromatic nitrogens is 1. The van der Waals surface area contributed by atoms with E-state index in [0.717, 1.165) is 28.6 Å². The van der Waals surface area contributed by atoms with Crippen molar-refractivity contribution in [2.24, 2.45) is 0 Å². The molecule has 1 aromatic heterocycles. The van der Waals surface area contributed by atoms with Crippen molar-refractivity contribution in [2.75, 3.05) is 30.7 Å². The van der Waals surface area contributed by atoms with E-state index in [1.165, 1.54) is 0 Å². The molecule has 1 atom stereocenters. The van der Waals surface area contributed by atoms with Gasteiger partial charge in [-0.1, -0.05) is 36.4 Å². The van der Waals surface area contributed by atoms with Gasteiger partial charge in [-0.2, -0.15) is 0 Å². The Morgan fingerprint density at radius 3 is 2.38 bits per heavy atom. The number of ketones is 1. The number of hydrogen-bond acceptors (Lipinski definition) is 5. The molecular formula is C33H32Br2N6O4. The number of carbonyl (C=O) groups excluding carboxylic acids is 4. The SMILES string of the molecule is Nc1c(Br)cc(C(=O)C[C@@H](NC(=O)c2cc3ccccc3[nH]2)C(=O)N2CCC(N3CCc4ccccc4NC3=O)CC2)cc1Br. The van der Waals surface area contributed by atoms with Crippen molar-refractivity contribution in [2.45, 2.75) is 37.8 Å². The standard InChI is InChI=1S/C33H32Br2N6O4/c34-23-15-21(16-24(35)30(23)36)29(42)18-28(38-31(43)27-17-20-6-2-4-8-26(20)37-27)32(44)40-12-10-22(11-13-40)41-14-9-19-5-1-3-7-25(19)39-33(41)45/h1-8,15-17,22,28,37H,9-14,18,36H2,(H,38,43)(H,39,45)/t28-/m1/s1. The van der Waals surface area contributed by atoms with Gasteiger partial charge in [0.15, 0.2) is 5.78 Å². The van der Waals surface area contributed by atoms with Gasteiger partial charge in [-0.25, -0.2) is 4.79 Å². The summed E-state index contributed by atoms with van der Waals surface area (Å²) in [5, 5.41) is 6.71. The van der Waals surface area contributed by atoms with Gasteiger partial charge in [0.05, 0.1) is 5.69 Å². The van der Waals surface area contributed by atoms with Crippen molar-refractivity contribution in [1.82, 2.24) is 20.1 Å². The summed E-state index contributed by atoms with van der Waals surface area (Å²) in [5.74, 6) is -1.14. The lowest BCUT2D eigenvalue weighted by atomic mass is 9.99. The van der Waals surface area contributed by atoms with Gasteiger partial charge in [-0.15, -0.1) is 0 Å². The molecule has 4 amide bonds. The van der Waals surface area contributed by atoms with Gasteiger partial charge in [0.25, 0.3) is 5.91 Å². The number of nitrogens with one attached hydrogen (secondary N) is 3. The number of halogens is 2. The lowest BCUT2D eigenvalue weighted by Crippen LogP contribution is -2.54. The van der Waals surface area contributed by atoms with Gasteiger partial charge < -0.3 is 31.2 Å². The number of carbonyl (C=O) groups is 4. The Balaban J connectivity index is 1.17. The first kappa shape index (κ1) is 30.8. The predicted molar refractivity (Wildman–Crippen MR) is 180 cm³/mol. The molecule has 0 bridgehead atoms. The average molecular weight is 736 g/mol. The summed E-state index contributed by atoms with van der Waals surface area (Å²) in [6, 6.07) is 19.0. The summed E-state index contributed by atoms with van der Waals surface area (Å²) in [6.07, 6.45) is 1.68. The number of likely N-dealkylation sites (tertiary alicyclic amines) is 1. The summed E-state index contributed by atoms with van der Waals surface area (Å²) < 4.78 is 1.10. The highest BCUT2D eigenvalue weighted by molar-refractivity contribution is 9.11. The summed E-state index contributed by atoms with van der Waals surface area (Å²) in [4.78, 5) is 60.5. The average Bonchev–Trinajstić information content (AvgIpc) is 3.41. The molecule has 3 heterocycles. The molecule has 2 aliphatic rings. The molecule has 4 aromatic rings. The highest BCUT2D eigenvalue weighted by Gasteiger charge is 2.35. The largest absolute Gasteiger partial charge is 0.397 e. The fourth-order valence-corrected chi connectivity index (χ4v) is 7.22. The molecule has 2 aliphatic heterocycles. The van der Waals surface area contributed by atoms with Crippen LogP contribution in [-0.4, -0.2) is 70.1 Å². The summed E-state index contributed by atoms with van der Waals surface area (Å²) in [7, 11) is 0. The van der Waals surface area contributed by atoms with E-state index in [2.05, 4.69) is 47.5 Å². The van der Waals surface area contributed by atoms with E-state index >= 15 is 0 Å². The monoisotopic (exact) mass is 734 g/mol. The van der Waals surface area contributed by atoms with Crippen LogP contribution in [-0.2, 0) is 11.2 Å². The number of amides is 4. The van der Waals surface area contributed by atoms with E-state index in [9.17, 15) is 19.2 Å². The number of nitrogens with two attached hydrogens (primary N) is 1. The van der Waals surface area contributed by atoms with Crippen molar-refractivity contribution in [3.05, 3.63) is 92.5 Å². The van der Waals surface area contributed by atoms with Crippen LogP contribution in [0.15, 0.2) is 75.7 Å². The maximum Gasteiger partial charge on any atom is 0.322 e. The van der Waals surface area contributed by atoms with Gasteiger partial charge in [-0.05, 0) is 87.0 Å². The maximum absolute atomic E-state index is 14.0. The topological polar surface area (TPSA) is 141 Å². The molecule has 6 rings (SSSR count). The highest BCUT2D eigenvalue weighted by Crippen LogP contribution is 2.31. The van der Waals surface area contributed by atoms with Crippen LogP contribution in [0.3, 0.4) is 0 Å². The van der Waals surface area contributed by atoms with Crippen LogP contribution in [0, 0.1) is 0 Å². The van der Waals surface area contributed by atoms with Crippen LogP contribution in [0.1, 0.15) is 45.7 Å². The Morgan fingerprint density at radius 2 is 1.64 bits per heavy atom. The quantitative estimate of drug-likeness (QED) is 0.142. The zero-order valence-corrected chi connectivity index (χ0v) is 27.5. The summed E-state index contributed by atoms with van der Waals surface area (Å²) >= 11 is 6.76. The minimum atomic E-state index is -1.10. The van der Waals surface area contributed by atoms with E-state index in [-0.39, 0.29) is 30.2 Å². The van der Waals surface area contributed by atoms with Crippen LogP contribution in [0.4, 0.5) is 16.2 Å². The summed E-state index contributed by atoms with van der Waals surface area (Å²) in [5.41, 5.74) is 9.84. The molecule has 0 spiro atoms. The minimum absolute atomic E-state index is 0.0335. The zero-order valence-electron chi connectivity index (χ0n) is 24.3. The molecule has 1 fully saturated rings. The first-order valence-corrected chi connectivity index (χ1v) is 16.4. The number of hydrogen-bond donors (Lipinski definition) is 4. The molecule has 0 saturated carbocycles. The van der Waals surface area contributed by atoms with Gasteiger partial charge in [0.2, 0.25) is 5.91 Å². The number of aromatic amines is 1. The minimum Gasteiger partial charge on any atom is -0.397 e. The second-order valence-electron chi connectivity index (χ2n) is 11.4. The molecule has 45 heavy (non-hydrogen) atoms. The number of H-pyrrole nitrogens is 1. The molecule has 0 aliphatic carbocycles. The first-order chi connectivity index (χ1) is 21.7. The van der Waals surface area contributed by atoms with Crippen molar-refractivity contribution in [1.29, 1.82) is 0 Å². The summed E-state index contributed by atoms with van der Waals surface area (Å²) in [6.45, 7) is 1.38.